The van der Waals surface area contributed by atoms with Crippen LogP contribution in [0.4, 0.5) is 0 Å². The Balaban J connectivity index is 0.000000165. The van der Waals surface area contributed by atoms with Gasteiger partial charge in [0.1, 0.15) is 12.2 Å². The molecule has 4 aliphatic rings. The summed E-state index contributed by atoms with van der Waals surface area (Å²) in [5, 5.41) is 34.6. The average molecular weight is 1150 g/mol. The molecule has 2 aliphatic heterocycles. The van der Waals surface area contributed by atoms with Gasteiger partial charge in [0.15, 0.2) is 16.6 Å². The summed E-state index contributed by atoms with van der Waals surface area (Å²) in [6.07, 6.45) is 3.04. The molecule has 4 amide bonds. The van der Waals surface area contributed by atoms with Crippen LogP contribution in [-0.2, 0) is 8.85 Å². The van der Waals surface area contributed by atoms with Gasteiger partial charge in [-0.1, -0.05) is 126 Å². The van der Waals surface area contributed by atoms with E-state index in [-0.39, 0.29) is 61.0 Å². The van der Waals surface area contributed by atoms with E-state index in [1.807, 2.05) is 84.9 Å². The van der Waals surface area contributed by atoms with Gasteiger partial charge in [-0.3, -0.25) is 29.8 Å². The minimum absolute atomic E-state index is 0. The molecule has 6 heterocycles. The van der Waals surface area contributed by atoms with Crippen LogP contribution in [0.15, 0.2) is 109 Å². The molecule has 0 bridgehead atoms. The lowest BCUT2D eigenvalue weighted by Gasteiger charge is -2.39. The van der Waals surface area contributed by atoms with Gasteiger partial charge in [0.2, 0.25) is 0 Å². The molecule has 0 spiro atoms. The van der Waals surface area contributed by atoms with Gasteiger partial charge in [0, 0.05) is 71.6 Å². The summed E-state index contributed by atoms with van der Waals surface area (Å²) in [6.45, 7) is 22.1. The van der Waals surface area contributed by atoms with Crippen LogP contribution in [0.25, 0.3) is 87.2 Å². The van der Waals surface area contributed by atoms with E-state index in [2.05, 4.69) is 122 Å². The Hall–Kier alpha value is -6.49. The van der Waals surface area contributed by atoms with Crippen molar-refractivity contribution >= 4 is 154 Å². The van der Waals surface area contributed by atoms with Crippen molar-refractivity contribution in [2.75, 3.05) is 0 Å². The SMILES string of the molecule is CC(C)(C)[Si](C)(C)O[C@@H]1C=CC(n2c3ccccc3c3c4c(c5c6ccccc6[nH]c5c32)C(=O)NC4=O)C1.CC(C)(C)[Si](C)(C)O[C@H]1CC(n2c3ccccc3c3c4c(c5c6ccccc6[nH]c5c32)C(=O)NC4=O)[C@H](O)[C@@H]1O.S.S. The van der Waals surface area contributed by atoms with Crippen LogP contribution in [0.5, 0.6) is 0 Å². The van der Waals surface area contributed by atoms with Crippen LogP contribution < -0.4 is 10.6 Å². The van der Waals surface area contributed by atoms with E-state index in [9.17, 15) is 29.4 Å². The highest BCUT2D eigenvalue weighted by Crippen LogP contribution is 2.50. The molecule has 0 saturated heterocycles. The van der Waals surface area contributed by atoms with Crippen LogP contribution in [0.1, 0.15) is 108 Å². The largest absolute Gasteiger partial charge is 0.411 e. The molecule has 4 aromatic heterocycles. The number of H-pyrrole nitrogens is 2. The summed E-state index contributed by atoms with van der Waals surface area (Å²) in [4.78, 5) is 60.1. The number of imide groups is 2. The van der Waals surface area contributed by atoms with Crippen molar-refractivity contribution in [3.05, 3.63) is 131 Å². The number of carbonyl (C=O) groups excluding carboxylic acids is 4. The molecule has 6 aromatic carbocycles. The van der Waals surface area contributed by atoms with E-state index < -0.39 is 52.8 Å². The maximum atomic E-state index is 13.3. The number of benzene rings is 6. The number of allylic oxidation sites excluding steroid dienone is 1. The van der Waals surface area contributed by atoms with E-state index >= 15 is 0 Å². The van der Waals surface area contributed by atoms with Gasteiger partial charge in [0.05, 0.1) is 68.6 Å². The predicted octanol–water partition coefficient (Wildman–Crippen LogP) is 12.8. The number of nitrogens with one attached hydrogen (secondary N) is 4. The van der Waals surface area contributed by atoms with Gasteiger partial charge in [-0.25, -0.2) is 0 Å². The summed E-state index contributed by atoms with van der Waals surface area (Å²) in [5.41, 5.74) is 8.66. The molecule has 1 fully saturated rings. The van der Waals surface area contributed by atoms with E-state index in [1.54, 1.807) is 0 Å². The summed E-state index contributed by atoms with van der Waals surface area (Å²) < 4.78 is 17.8. The highest BCUT2D eigenvalue weighted by Gasteiger charge is 2.50. The molecular weight excluding hydrogens is 1080 g/mol. The van der Waals surface area contributed by atoms with Crippen molar-refractivity contribution in [1.29, 1.82) is 0 Å². The first-order chi connectivity index (χ1) is 37.0. The number of amides is 4. The molecular formula is C62H68N6O8S2Si2. The van der Waals surface area contributed by atoms with Crippen LogP contribution in [-0.4, -0.2) is 94.0 Å². The smallest absolute Gasteiger partial charge is 0.259 e. The first-order valence-corrected chi connectivity index (χ1v) is 32.9. The predicted molar refractivity (Wildman–Crippen MR) is 335 cm³/mol. The number of hydrogen-bond donors (Lipinski definition) is 6. The van der Waals surface area contributed by atoms with Crippen molar-refractivity contribution in [2.24, 2.45) is 0 Å². The van der Waals surface area contributed by atoms with Gasteiger partial charge in [0.25, 0.3) is 23.6 Å². The normalized spacial score (nSPS) is 21.3. The van der Waals surface area contributed by atoms with Crippen LogP contribution in [0, 0.1) is 0 Å². The number of para-hydroxylation sites is 4. The molecule has 414 valence electrons. The van der Waals surface area contributed by atoms with E-state index in [4.69, 9.17) is 8.85 Å². The number of nitrogens with zero attached hydrogens (tertiary/aromatic N) is 2. The number of rotatable bonds is 6. The zero-order valence-corrected chi connectivity index (χ0v) is 50.5. The lowest BCUT2D eigenvalue weighted by molar-refractivity contribution is -0.0199. The Kier molecular flexibility index (Phi) is 13.2. The minimum atomic E-state index is -2.24. The van der Waals surface area contributed by atoms with Crippen molar-refractivity contribution in [3.8, 4) is 0 Å². The second-order valence-electron chi connectivity index (χ2n) is 24.9. The molecule has 0 radical (unpaired) electrons. The molecule has 80 heavy (non-hydrogen) atoms. The molecule has 14 nitrogen and oxygen atoms in total. The third-order valence-electron chi connectivity index (χ3n) is 18.4. The Bertz CT molecular complexity index is 4330. The number of hydrogen-bond acceptors (Lipinski definition) is 8. The quantitative estimate of drug-likeness (QED) is 0.0538. The summed E-state index contributed by atoms with van der Waals surface area (Å²) in [7, 11) is -4.18. The van der Waals surface area contributed by atoms with Gasteiger partial charge in [-0.2, -0.15) is 27.0 Å². The minimum Gasteiger partial charge on any atom is -0.411 e. The molecule has 10 aromatic rings. The van der Waals surface area contributed by atoms with Gasteiger partial charge >= 0.3 is 0 Å². The first-order valence-electron chi connectivity index (χ1n) is 27.1. The van der Waals surface area contributed by atoms with Crippen molar-refractivity contribution in [2.45, 2.75) is 127 Å². The summed E-state index contributed by atoms with van der Waals surface area (Å²) in [5.74, 6) is -1.49. The Morgan fingerprint density at radius 2 is 0.900 bits per heavy atom. The van der Waals surface area contributed by atoms with E-state index in [0.29, 0.717) is 39.4 Å². The molecule has 2 aliphatic carbocycles. The Labute approximate surface area is 478 Å². The fraction of sp³-hybridized carbons (Fsp3) is 0.323. The zero-order valence-electron chi connectivity index (χ0n) is 46.5. The highest BCUT2D eigenvalue weighted by atomic mass is 32.1. The standard InChI is InChI=1S/C31H33N3O5Si.C31H31N3O3Si.2H2S/c1-31(2,3)40(4,5)39-20-14-19(27(35)28(20)36)34-18-13-9-7-11-16(18)22-24-23(29(37)33-30(24)38)21-15-10-6-8-12-17(15)32-25(21)26(22)34;1-31(2,3)38(4,5)37-18-15-14-17(16-18)34-22-13-9-7-11-20(22)24-26-25(29(35)33-30(26)36)23-19-10-6-8-12-21(19)32-27(23)28(24)34;;/h6-13,19-20,27-28,32,35-36H,14H2,1-5H3,(H,33,37,38);6-15,17-18,32H,16H2,1-5H3,(H,33,35,36);2*1H2/t19?,20-,27-,28+;17?,18-;;/m01../s1. The zero-order chi connectivity index (χ0) is 54.9. The summed E-state index contributed by atoms with van der Waals surface area (Å²) >= 11 is 0. The fourth-order valence-electron chi connectivity index (χ4n) is 12.6. The second-order valence-corrected chi connectivity index (χ2v) is 34.4. The average Bonchev–Trinajstić information content (AvgIpc) is 4.43. The Morgan fingerprint density at radius 1 is 0.500 bits per heavy atom. The van der Waals surface area contributed by atoms with Crippen molar-refractivity contribution < 1.29 is 38.2 Å². The molecule has 1 saturated carbocycles. The van der Waals surface area contributed by atoms with Crippen LogP contribution >= 0.6 is 27.0 Å². The lowest BCUT2D eigenvalue weighted by Crippen LogP contribution is -2.46. The molecule has 2 unspecified atom stereocenters. The number of aliphatic hydroxyl groups is 2. The number of carbonyl (C=O) groups is 4. The van der Waals surface area contributed by atoms with Gasteiger partial charge in [-0.15, -0.1) is 0 Å². The number of fused-ring (bicyclic) bond motifs is 20. The topological polar surface area (TPSA) is 193 Å². The summed E-state index contributed by atoms with van der Waals surface area (Å²) in [6, 6.07) is 31.2. The van der Waals surface area contributed by atoms with E-state index in [0.717, 1.165) is 82.9 Å². The number of aromatic amines is 2. The Morgan fingerprint density at radius 3 is 1.38 bits per heavy atom. The second kappa shape index (κ2) is 19.1. The monoisotopic (exact) mass is 1140 g/mol. The third kappa shape index (κ3) is 8.02. The lowest BCUT2D eigenvalue weighted by atomic mass is 9.96. The van der Waals surface area contributed by atoms with Gasteiger partial charge < -0.3 is 38.2 Å². The highest BCUT2D eigenvalue weighted by molar-refractivity contribution is 7.59. The fourth-order valence-corrected chi connectivity index (χ4v) is 15.2. The third-order valence-corrected chi connectivity index (χ3v) is 27.4. The molecule has 6 atom stereocenters. The van der Waals surface area contributed by atoms with Crippen molar-refractivity contribution in [1.82, 2.24) is 29.7 Å². The van der Waals surface area contributed by atoms with Crippen LogP contribution in [0.3, 0.4) is 0 Å². The molecule has 6 N–H and O–H groups in total. The van der Waals surface area contributed by atoms with Crippen LogP contribution in [0.2, 0.25) is 36.3 Å². The van der Waals surface area contributed by atoms with Gasteiger partial charge in [-0.05, 0) is 67.0 Å². The first kappa shape index (κ1) is 55.4. The maximum Gasteiger partial charge on any atom is 0.259 e. The number of aromatic nitrogens is 4. The van der Waals surface area contributed by atoms with Crippen molar-refractivity contribution in [3.63, 3.8) is 0 Å². The maximum absolute atomic E-state index is 13.3. The molecule has 18 heteroatoms. The number of aliphatic hydroxyl groups excluding tert-OH is 2. The van der Waals surface area contributed by atoms with E-state index in [1.165, 1.54) is 0 Å². The molecule has 14 rings (SSSR count).